The summed E-state index contributed by atoms with van der Waals surface area (Å²) < 4.78 is 7.27. The number of nitrogens with zero attached hydrogens (tertiary/aromatic N) is 4. The van der Waals surface area contributed by atoms with Gasteiger partial charge in [-0.05, 0) is 12.1 Å². The topological polar surface area (TPSA) is 122 Å². The van der Waals surface area contributed by atoms with Crippen LogP contribution in [0.3, 0.4) is 0 Å². The summed E-state index contributed by atoms with van der Waals surface area (Å²) in [5, 5.41) is 21.5. The number of hydrogen-bond donors (Lipinski definition) is 3. The monoisotopic (exact) mass is 355 g/mol. The van der Waals surface area contributed by atoms with Crippen LogP contribution in [0, 0.1) is 5.92 Å². The minimum absolute atomic E-state index is 0.127. The number of carbonyl (C=O) groups excluding carboxylic acids is 1. The fourth-order valence-electron chi connectivity index (χ4n) is 3.03. The highest BCUT2D eigenvalue weighted by Crippen LogP contribution is 2.38. The van der Waals surface area contributed by atoms with Crippen LogP contribution in [0.15, 0.2) is 43.0 Å². The number of hydrogen-bond acceptors (Lipinski definition) is 7. The van der Waals surface area contributed by atoms with E-state index in [4.69, 9.17) is 4.74 Å². The first-order valence-corrected chi connectivity index (χ1v) is 8.14. The fourth-order valence-corrected chi connectivity index (χ4v) is 3.03. The molecule has 0 spiro atoms. The largest absolute Gasteiger partial charge is 0.396 e. The maximum Gasteiger partial charge on any atom is 0.256 e. The average Bonchev–Trinajstić information content (AvgIpc) is 3.07. The number of fused-ring (bicyclic) bond motifs is 1. The van der Waals surface area contributed by atoms with E-state index >= 15 is 0 Å². The van der Waals surface area contributed by atoms with E-state index in [1.807, 2.05) is 6.07 Å². The molecule has 1 fully saturated rings. The van der Waals surface area contributed by atoms with Crippen LogP contribution in [0.2, 0.25) is 0 Å². The Balaban J connectivity index is 1.63. The number of carbonyl (C=O) groups is 1. The Kier molecular flexibility index (Phi) is 4.33. The molecule has 4 rings (SSSR count). The molecule has 26 heavy (non-hydrogen) atoms. The van der Waals surface area contributed by atoms with Crippen molar-refractivity contribution in [1.82, 2.24) is 19.5 Å². The number of aromatic nitrogens is 4. The van der Waals surface area contributed by atoms with Crippen LogP contribution in [-0.2, 0) is 4.74 Å². The standard InChI is InChI=1S/C17H17N5O4/c23-6-11-12(7-24)26-17(11)22-9-20-13-14(18-8-19-15(13)22)21-16(25)10-4-2-1-3-5-10/h1-5,8-9,11-12,17,23-24H,6-7H2,(H,18,19,21,25)/t11-,12-,17-/m1/s1. The number of anilines is 1. The van der Waals surface area contributed by atoms with E-state index in [2.05, 4.69) is 20.3 Å². The number of benzene rings is 1. The molecule has 0 saturated carbocycles. The van der Waals surface area contributed by atoms with Crippen LogP contribution in [0.25, 0.3) is 11.2 Å². The molecule has 1 saturated heterocycles. The molecule has 3 atom stereocenters. The lowest BCUT2D eigenvalue weighted by molar-refractivity contribution is -0.243. The van der Waals surface area contributed by atoms with Gasteiger partial charge in [0.2, 0.25) is 0 Å². The molecule has 3 heterocycles. The molecule has 0 radical (unpaired) electrons. The SMILES string of the molecule is O=C(Nc1ncnc2c1ncn2[C@@H]1O[C@H](CO)[C@H]1CO)c1ccccc1. The summed E-state index contributed by atoms with van der Waals surface area (Å²) in [5.41, 5.74) is 1.40. The molecule has 0 aliphatic carbocycles. The van der Waals surface area contributed by atoms with E-state index in [1.165, 1.54) is 12.7 Å². The van der Waals surface area contributed by atoms with Gasteiger partial charge in [0.05, 0.1) is 31.6 Å². The molecule has 0 unspecified atom stereocenters. The zero-order chi connectivity index (χ0) is 18.1. The zero-order valence-electron chi connectivity index (χ0n) is 13.7. The molecule has 1 aliphatic rings. The van der Waals surface area contributed by atoms with E-state index in [9.17, 15) is 15.0 Å². The van der Waals surface area contributed by atoms with Gasteiger partial charge in [-0.15, -0.1) is 0 Å². The molecule has 1 aromatic carbocycles. The Labute approximate surface area is 148 Å². The minimum atomic E-state index is -0.477. The lowest BCUT2D eigenvalue weighted by Gasteiger charge is -2.43. The molecule has 9 nitrogen and oxygen atoms in total. The lowest BCUT2D eigenvalue weighted by Crippen LogP contribution is -2.49. The quantitative estimate of drug-likeness (QED) is 0.612. The van der Waals surface area contributed by atoms with Crippen molar-refractivity contribution in [2.24, 2.45) is 5.92 Å². The van der Waals surface area contributed by atoms with Crippen molar-refractivity contribution in [3.05, 3.63) is 48.5 Å². The second-order valence-corrected chi connectivity index (χ2v) is 5.96. The highest BCUT2D eigenvalue weighted by Gasteiger charge is 2.43. The highest BCUT2D eigenvalue weighted by molar-refractivity contribution is 6.06. The molecule has 134 valence electrons. The third-order valence-corrected chi connectivity index (χ3v) is 4.45. The number of nitrogens with one attached hydrogen (secondary N) is 1. The van der Waals surface area contributed by atoms with Gasteiger partial charge >= 0.3 is 0 Å². The molecule has 2 aromatic heterocycles. The first-order chi connectivity index (χ1) is 12.7. The van der Waals surface area contributed by atoms with Crippen molar-refractivity contribution in [3.63, 3.8) is 0 Å². The molecule has 1 amide bonds. The van der Waals surface area contributed by atoms with Crippen LogP contribution in [0.5, 0.6) is 0 Å². The number of aliphatic hydroxyl groups excluding tert-OH is 2. The molecule has 3 aromatic rings. The van der Waals surface area contributed by atoms with E-state index in [-0.39, 0.29) is 25.0 Å². The smallest absolute Gasteiger partial charge is 0.256 e. The van der Waals surface area contributed by atoms with Gasteiger partial charge in [0.15, 0.2) is 17.0 Å². The molecule has 9 heteroatoms. The Hall–Kier alpha value is -2.88. The van der Waals surface area contributed by atoms with Crippen LogP contribution in [-0.4, -0.2) is 55.0 Å². The highest BCUT2D eigenvalue weighted by atomic mass is 16.5. The van der Waals surface area contributed by atoms with E-state index in [0.717, 1.165) is 0 Å². The predicted octanol–water partition coefficient (Wildman–Crippen LogP) is 0.577. The molecular formula is C17H17N5O4. The number of aliphatic hydroxyl groups is 2. The maximum absolute atomic E-state index is 12.4. The van der Waals surface area contributed by atoms with E-state index in [0.29, 0.717) is 22.5 Å². The van der Waals surface area contributed by atoms with E-state index in [1.54, 1.807) is 28.8 Å². The molecule has 0 bridgehead atoms. The third kappa shape index (κ3) is 2.71. The van der Waals surface area contributed by atoms with Crippen LogP contribution in [0.1, 0.15) is 16.6 Å². The predicted molar refractivity (Wildman–Crippen MR) is 91.3 cm³/mol. The van der Waals surface area contributed by atoms with Gasteiger partial charge in [-0.25, -0.2) is 15.0 Å². The van der Waals surface area contributed by atoms with Crippen LogP contribution < -0.4 is 5.32 Å². The van der Waals surface area contributed by atoms with Crippen molar-refractivity contribution in [2.75, 3.05) is 18.5 Å². The van der Waals surface area contributed by atoms with Gasteiger partial charge in [-0.2, -0.15) is 0 Å². The summed E-state index contributed by atoms with van der Waals surface area (Å²) in [5.74, 6) is -0.260. The van der Waals surface area contributed by atoms with Crippen molar-refractivity contribution in [1.29, 1.82) is 0 Å². The normalized spacial score (nSPS) is 22.2. The number of ether oxygens (including phenoxy) is 1. The summed E-state index contributed by atoms with van der Waals surface area (Å²) in [6, 6.07) is 8.79. The van der Waals surface area contributed by atoms with Gasteiger partial charge < -0.3 is 20.3 Å². The second-order valence-electron chi connectivity index (χ2n) is 5.96. The molecule has 1 aliphatic heterocycles. The van der Waals surface area contributed by atoms with Crippen molar-refractivity contribution >= 4 is 22.9 Å². The first kappa shape index (κ1) is 16.6. The number of amides is 1. The minimum Gasteiger partial charge on any atom is -0.396 e. The second kappa shape index (κ2) is 6.79. The van der Waals surface area contributed by atoms with E-state index < -0.39 is 12.3 Å². The van der Waals surface area contributed by atoms with Gasteiger partial charge in [-0.1, -0.05) is 18.2 Å². The zero-order valence-corrected chi connectivity index (χ0v) is 13.7. The van der Waals surface area contributed by atoms with Crippen LogP contribution >= 0.6 is 0 Å². The summed E-state index contributed by atoms with van der Waals surface area (Å²) >= 11 is 0. The van der Waals surface area contributed by atoms with Crippen LogP contribution in [0.4, 0.5) is 5.82 Å². The Morgan fingerprint density at radius 1 is 1.15 bits per heavy atom. The Morgan fingerprint density at radius 2 is 1.96 bits per heavy atom. The summed E-state index contributed by atoms with van der Waals surface area (Å²) in [4.78, 5) is 25.0. The summed E-state index contributed by atoms with van der Waals surface area (Å²) in [6.07, 6.45) is 1.96. The maximum atomic E-state index is 12.4. The Bertz CT molecular complexity index is 929. The van der Waals surface area contributed by atoms with Gasteiger partial charge in [-0.3, -0.25) is 9.36 Å². The third-order valence-electron chi connectivity index (χ3n) is 4.45. The Morgan fingerprint density at radius 3 is 2.69 bits per heavy atom. The molecule has 3 N–H and O–H groups in total. The summed E-state index contributed by atoms with van der Waals surface area (Å²) in [6.45, 7) is -0.292. The fraction of sp³-hybridized carbons (Fsp3) is 0.294. The van der Waals surface area contributed by atoms with Crippen molar-refractivity contribution < 1.29 is 19.7 Å². The summed E-state index contributed by atoms with van der Waals surface area (Å²) in [7, 11) is 0. The number of imidazole rings is 1. The van der Waals surface area contributed by atoms with Gasteiger partial charge in [0.25, 0.3) is 5.91 Å². The van der Waals surface area contributed by atoms with Crippen molar-refractivity contribution in [3.8, 4) is 0 Å². The lowest BCUT2D eigenvalue weighted by atomic mass is 9.95. The number of rotatable bonds is 5. The first-order valence-electron chi connectivity index (χ1n) is 8.14. The van der Waals surface area contributed by atoms with Crippen molar-refractivity contribution in [2.45, 2.75) is 12.3 Å². The average molecular weight is 355 g/mol. The van der Waals surface area contributed by atoms with Gasteiger partial charge in [0.1, 0.15) is 12.6 Å². The molecular weight excluding hydrogens is 338 g/mol. The van der Waals surface area contributed by atoms with Gasteiger partial charge in [0, 0.05) is 5.56 Å².